The van der Waals surface area contributed by atoms with E-state index in [0.717, 1.165) is 16.7 Å². The van der Waals surface area contributed by atoms with Crippen molar-refractivity contribution in [2.75, 3.05) is 27.9 Å². The molecule has 5 nitrogen and oxygen atoms in total. The van der Waals surface area contributed by atoms with Gasteiger partial charge >= 0.3 is 0 Å². The highest BCUT2D eigenvalue weighted by molar-refractivity contribution is 5.99. The van der Waals surface area contributed by atoms with Gasteiger partial charge in [-0.05, 0) is 29.3 Å². The van der Waals surface area contributed by atoms with Gasteiger partial charge in [-0.15, -0.1) is 0 Å². The number of rotatable bonds is 6. The number of benzene rings is 2. The molecule has 0 aromatic heterocycles. The van der Waals surface area contributed by atoms with Gasteiger partial charge in [-0.25, -0.2) is 0 Å². The van der Waals surface area contributed by atoms with E-state index in [1.807, 2.05) is 42.5 Å². The van der Waals surface area contributed by atoms with Crippen molar-refractivity contribution in [1.29, 1.82) is 0 Å². The summed E-state index contributed by atoms with van der Waals surface area (Å²) in [6, 6.07) is 13.3. The molecule has 1 N–H and O–H groups in total. The lowest BCUT2D eigenvalue weighted by Gasteiger charge is -2.25. The lowest BCUT2D eigenvalue weighted by atomic mass is 9.87. The van der Waals surface area contributed by atoms with Gasteiger partial charge in [-0.2, -0.15) is 0 Å². The second kappa shape index (κ2) is 6.93. The van der Waals surface area contributed by atoms with Crippen molar-refractivity contribution in [3.63, 3.8) is 0 Å². The molecule has 5 heteroatoms. The smallest absolute Gasteiger partial charge is 0.252 e. The van der Waals surface area contributed by atoms with Crippen LogP contribution in [0.4, 0.5) is 0 Å². The van der Waals surface area contributed by atoms with Crippen LogP contribution in [-0.4, -0.2) is 33.8 Å². The highest BCUT2D eigenvalue weighted by atomic mass is 16.5. The average Bonchev–Trinajstić information content (AvgIpc) is 2.96. The third-order valence-electron chi connectivity index (χ3n) is 4.41. The molecule has 0 saturated carbocycles. The summed E-state index contributed by atoms with van der Waals surface area (Å²) in [5, 5.41) is 3.08. The minimum atomic E-state index is -0.133. The minimum absolute atomic E-state index is 0.0255. The Labute approximate surface area is 141 Å². The molecule has 126 valence electrons. The number of hydrogen-bond acceptors (Lipinski definition) is 4. The number of ether oxygens (including phenoxy) is 3. The van der Waals surface area contributed by atoms with Gasteiger partial charge in [0, 0.05) is 18.6 Å². The largest absolute Gasteiger partial charge is 0.493 e. The molecule has 1 heterocycles. The van der Waals surface area contributed by atoms with E-state index in [0.29, 0.717) is 18.1 Å². The Morgan fingerprint density at radius 1 is 1.04 bits per heavy atom. The molecule has 2 atom stereocenters. The zero-order valence-corrected chi connectivity index (χ0v) is 14.0. The molecular weight excluding hydrogens is 306 g/mol. The lowest BCUT2D eigenvalue weighted by Crippen LogP contribution is -2.27. The number of carbonyl (C=O) groups excluding carboxylic acids is 1. The number of methoxy groups -OCH3 is 3. The zero-order chi connectivity index (χ0) is 17.1. The normalized spacial score (nSPS) is 17.1. The maximum Gasteiger partial charge on any atom is 0.252 e. The van der Waals surface area contributed by atoms with Crippen molar-refractivity contribution >= 4 is 5.91 Å². The van der Waals surface area contributed by atoms with E-state index >= 15 is 0 Å². The molecule has 1 amide bonds. The van der Waals surface area contributed by atoms with E-state index < -0.39 is 0 Å². The molecule has 0 fully saturated rings. The molecule has 2 aromatic rings. The summed E-state index contributed by atoms with van der Waals surface area (Å²) in [7, 11) is 4.88. The van der Waals surface area contributed by atoms with Crippen molar-refractivity contribution < 1.29 is 19.0 Å². The average molecular weight is 327 g/mol. The minimum Gasteiger partial charge on any atom is -0.493 e. The molecular formula is C19H21NO4. The van der Waals surface area contributed by atoms with Crippen molar-refractivity contribution in [3.8, 4) is 11.5 Å². The molecule has 1 aliphatic heterocycles. The first-order valence-corrected chi connectivity index (χ1v) is 7.80. The third-order valence-corrected chi connectivity index (χ3v) is 4.41. The van der Waals surface area contributed by atoms with Crippen LogP contribution < -0.4 is 14.8 Å². The Kier molecular flexibility index (Phi) is 4.71. The summed E-state index contributed by atoms with van der Waals surface area (Å²) in [4.78, 5) is 12.2. The molecule has 0 bridgehead atoms. The van der Waals surface area contributed by atoms with E-state index in [-0.39, 0.29) is 17.9 Å². The van der Waals surface area contributed by atoms with Crippen LogP contribution >= 0.6 is 0 Å². The van der Waals surface area contributed by atoms with Crippen LogP contribution in [0.5, 0.6) is 11.5 Å². The van der Waals surface area contributed by atoms with Gasteiger partial charge in [0.1, 0.15) is 0 Å². The van der Waals surface area contributed by atoms with Gasteiger partial charge < -0.3 is 19.5 Å². The van der Waals surface area contributed by atoms with Gasteiger partial charge in [0.15, 0.2) is 11.5 Å². The zero-order valence-electron chi connectivity index (χ0n) is 14.0. The molecule has 2 aromatic carbocycles. The highest BCUT2D eigenvalue weighted by Crippen LogP contribution is 2.39. The summed E-state index contributed by atoms with van der Waals surface area (Å²) in [5.41, 5.74) is 2.75. The van der Waals surface area contributed by atoms with E-state index in [2.05, 4.69) is 5.32 Å². The van der Waals surface area contributed by atoms with Crippen LogP contribution in [0, 0.1) is 0 Å². The molecule has 0 spiro atoms. The predicted molar refractivity (Wildman–Crippen MR) is 90.8 cm³/mol. The Bertz CT molecular complexity index is 744. The second-order valence-electron chi connectivity index (χ2n) is 5.71. The van der Waals surface area contributed by atoms with Gasteiger partial charge in [0.2, 0.25) is 0 Å². The molecule has 0 radical (unpaired) electrons. The van der Waals surface area contributed by atoms with Crippen LogP contribution in [0.3, 0.4) is 0 Å². The summed E-state index contributed by atoms with van der Waals surface area (Å²) in [6.45, 7) is 0.481. The van der Waals surface area contributed by atoms with Crippen LogP contribution in [0.25, 0.3) is 0 Å². The van der Waals surface area contributed by atoms with Crippen LogP contribution in [0.1, 0.15) is 33.4 Å². The standard InChI is InChI=1S/C19H21NO4/c1-22-11-15(12-8-9-16(23-2)17(10-12)24-3)18-13-6-4-5-7-14(13)19(21)20-18/h4-10,15,18H,11H2,1-3H3,(H,20,21)/t15?,18-/m0/s1. The Balaban J connectivity index is 2.01. The molecule has 0 saturated heterocycles. The Morgan fingerprint density at radius 2 is 1.79 bits per heavy atom. The Morgan fingerprint density at radius 3 is 2.50 bits per heavy atom. The van der Waals surface area contributed by atoms with Gasteiger partial charge in [-0.3, -0.25) is 4.79 Å². The molecule has 24 heavy (non-hydrogen) atoms. The summed E-state index contributed by atoms with van der Waals surface area (Å²) in [6.07, 6.45) is 0. The van der Waals surface area contributed by atoms with Gasteiger partial charge in [-0.1, -0.05) is 24.3 Å². The van der Waals surface area contributed by atoms with E-state index in [9.17, 15) is 4.79 Å². The first-order chi connectivity index (χ1) is 11.7. The number of nitrogens with one attached hydrogen (secondary N) is 1. The van der Waals surface area contributed by atoms with Gasteiger partial charge in [0.05, 0.1) is 26.9 Å². The first-order valence-electron chi connectivity index (χ1n) is 7.80. The molecule has 1 aliphatic rings. The number of fused-ring (bicyclic) bond motifs is 1. The maximum absolute atomic E-state index is 12.2. The maximum atomic E-state index is 12.2. The first kappa shape index (κ1) is 16.3. The van der Waals surface area contributed by atoms with Crippen molar-refractivity contribution in [1.82, 2.24) is 5.32 Å². The quantitative estimate of drug-likeness (QED) is 0.886. The van der Waals surface area contributed by atoms with Crippen molar-refractivity contribution in [3.05, 3.63) is 59.2 Å². The van der Waals surface area contributed by atoms with E-state index in [1.54, 1.807) is 21.3 Å². The monoisotopic (exact) mass is 327 g/mol. The predicted octanol–water partition coefficient (Wildman–Crippen LogP) is 2.92. The number of amides is 1. The fourth-order valence-electron chi connectivity index (χ4n) is 3.24. The molecule has 0 aliphatic carbocycles. The van der Waals surface area contributed by atoms with Crippen LogP contribution in [0.2, 0.25) is 0 Å². The Hall–Kier alpha value is -2.53. The van der Waals surface area contributed by atoms with Crippen LogP contribution in [0.15, 0.2) is 42.5 Å². The molecule has 1 unspecified atom stereocenters. The van der Waals surface area contributed by atoms with Gasteiger partial charge in [0.25, 0.3) is 5.91 Å². The van der Waals surface area contributed by atoms with E-state index in [1.165, 1.54) is 0 Å². The second-order valence-corrected chi connectivity index (χ2v) is 5.71. The van der Waals surface area contributed by atoms with Crippen molar-refractivity contribution in [2.45, 2.75) is 12.0 Å². The summed E-state index contributed by atoms with van der Waals surface area (Å²) in [5.74, 6) is 1.27. The SMILES string of the molecule is COCC(c1ccc(OC)c(OC)c1)[C@H]1NC(=O)c2ccccc21. The number of hydrogen-bond donors (Lipinski definition) is 1. The topological polar surface area (TPSA) is 56.8 Å². The highest BCUT2D eigenvalue weighted by Gasteiger charge is 2.35. The molecule has 3 rings (SSSR count). The van der Waals surface area contributed by atoms with E-state index in [4.69, 9.17) is 14.2 Å². The summed E-state index contributed by atoms with van der Waals surface area (Å²) < 4.78 is 16.1. The fraction of sp³-hybridized carbons (Fsp3) is 0.316. The summed E-state index contributed by atoms with van der Waals surface area (Å²) >= 11 is 0. The lowest BCUT2D eigenvalue weighted by molar-refractivity contribution is 0.0939. The fourth-order valence-corrected chi connectivity index (χ4v) is 3.24. The third kappa shape index (κ3) is 2.83. The number of carbonyl (C=O) groups is 1. The van der Waals surface area contributed by atoms with Crippen LogP contribution in [-0.2, 0) is 4.74 Å². The van der Waals surface area contributed by atoms with Crippen molar-refractivity contribution in [2.24, 2.45) is 0 Å².